The third-order valence-corrected chi connectivity index (χ3v) is 2.54. The molecule has 1 amide bonds. The maximum absolute atomic E-state index is 11.5. The average Bonchev–Trinajstić information content (AvgIpc) is 2.52. The molecule has 0 spiro atoms. The summed E-state index contributed by atoms with van der Waals surface area (Å²) < 4.78 is 13.2. The number of rotatable bonds is 4. The Morgan fingerprint density at radius 3 is 2.68 bits per heavy atom. The smallest absolute Gasteiger partial charge is 0.407 e. The molecule has 0 aliphatic rings. The fraction of sp³-hybridized carbons (Fsp3) is 0.667. The summed E-state index contributed by atoms with van der Waals surface area (Å²) in [5.41, 5.74) is -0.502. The minimum Gasteiger partial charge on any atom is -0.471 e. The summed E-state index contributed by atoms with van der Waals surface area (Å²) in [7, 11) is 1.81. The van der Waals surface area contributed by atoms with E-state index in [2.05, 4.69) is 26.3 Å². The second-order valence-corrected chi connectivity index (χ2v) is 6.12. The molecule has 6 nitrogen and oxygen atoms in total. The second kappa shape index (κ2) is 6.27. The van der Waals surface area contributed by atoms with Crippen molar-refractivity contribution < 1.29 is 14.3 Å². The highest BCUT2D eigenvalue weighted by Crippen LogP contribution is 2.22. The van der Waals surface area contributed by atoms with Crippen molar-refractivity contribution in [1.82, 2.24) is 15.1 Å². The third-order valence-electron chi connectivity index (χ3n) is 2.00. The number of carbonyl (C=O) groups excluding carboxylic acids is 1. The summed E-state index contributed by atoms with van der Waals surface area (Å²) in [4.78, 5) is 11.5. The summed E-state index contributed by atoms with van der Waals surface area (Å²) >= 11 is 3.35. The largest absolute Gasteiger partial charge is 0.471 e. The molecule has 0 radical (unpaired) electrons. The van der Waals surface area contributed by atoms with Crippen LogP contribution in [0, 0.1) is 0 Å². The van der Waals surface area contributed by atoms with E-state index in [4.69, 9.17) is 9.47 Å². The normalized spacial score (nSPS) is 12.9. The van der Waals surface area contributed by atoms with Crippen LogP contribution in [0.1, 0.15) is 27.7 Å². The number of halogens is 1. The van der Waals surface area contributed by atoms with Crippen molar-refractivity contribution >= 4 is 22.0 Å². The van der Waals surface area contributed by atoms with Gasteiger partial charge < -0.3 is 14.8 Å². The fourth-order valence-electron chi connectivity index (χ4n) is 1.29. The molecule has 0 bridgehead atoms. The van der Waals surface area contributed by atoms with Crippen molar-refractivity contribution in [2.75, 3.05) is 6.54 Å². The molecular weight excluding hydrogens is 314 g/mol. The van der Waals surface area contributed by atoms with E-state index in [0.29, 0.717) is 12.4 Å². The number of hydrogen-bond donors (Lipinski definition) is 1. The Hall–Kier alpha value is -1.24. The molecule has 1 aromatic rings. The molecule has 0 saturated heterocycles. The minimum absolute atomic E-state index is 0.210. The van der Waals surface area contributed by atoms with Crippen molar-refractivity contribution in [3.63, 3.8) is 0 Å². The molecule has 0 aliphatic heterocycles. The van der Waals surface area contributed by atoms with Gasteiger partial charge in [-0.25, -0.2) is 4.79 Å². The molecule has 0 aliphatic carbocycles. The Labute approximate surface area is 121 Å². The van der Waals surface area contributed by atoms with Crippen molar-refractivity contribution in [1.29, 1.82) is 0 Å². The van der Waals surface area contributed by atoms with Gasteiger partial charge >= 0.3 is 6.09 Å². The molecule has 0 fully saturated rings. The van der Waals surface area contributed by atoms with Gasteiger partial charge in [0.1, 0.15) is 11.7 Å². The van der Waals surface area contributed by atoms with Gasteiger partial charge in [0.15, 0.2) is 0 Å². The van der Waals surface area contributed by atoms with Crippen LogP contribution in [0.3, 0.4) is 0 Å². The SMILES string of the molecule is C[C@@H](CNC(=O)OC(C)(C)C)Oc1nn(C)cc1Br. The number of amides is 1. The molecule has 108 valence electrons. The first-order valence-corrected chi connectivity index (χ1v) is 6.79. The topological polar surface area (TPSA) is 65.4 Å². The van der Waals surface area contributed by atoms with Crippen LogP contribution in [-0.2, 0) is 11.8 Å². The summed E-state index contributed by atoms with van der Waals surface area (Å²) in [6.45, 7) is 7.64. The van der Waals surface area contributed by atoms with E-state index in [1.807, 2.05) is 27.7 Å². The molecule has 19 heavy (non-hydrogen) atoms. The zero-order chi connectivity index (χ0) is 14.6. The predicted octanol–water partition coefficient (Wildman–Crippen LogP) is 2.47. The van der Waals surface area contributed by atoms with Gasteiger partial charge in [-0.1, -0.05) is 0 Å². The van der Waals surface area contributed by atoms with Gasteiger partial charge in [-0.2, -0.15) is 0 Å². The van der Waals surface area contributed by atoms with Crippen molar-refractivity contribution in [2.24, 2.45) is 7.05 Å². The maximum atomic E-state index is 11.5. The summed E-state index contributed by atoms with van der Waals surface area (Å²) in [6, 6.07) is 0. The Kier molecular flexibility index (Phi) is 5.22. The first-order chi connectivity index (χ1) is 8.67. The summed E-state index contributed by atoms with van der Waals surface area (Å²) in [5.74, 6) is 0.501. The highest BCUT2D eigenvalue weighted by atomic mass is 79.9. The molecule has 1 atom stereocenters. The molecule has 0 unspecified atom stereocenters. The van der Waals surface area contributed by atoms with E-state index >= 15 is 0 Å². The van der Waals surface area contributed by atoms with Gasteiger partial charge in [-0.05, 0) is 43.6 Å². The molecule has 7 heteroatoms. The number of aryl methyl sites for hydroxylation is 1. The molecule has 1 aromatic heterocycles. The molecule has 1 heterocycles. The third kappa shape index (κ3) is 5.96. The van der Waals surface area contributed by atoms with Crippen molar-refractivity contribution in [3.8, 4) is 5.88 Å². The zero-order valence-corrected chi connectivity index (χ0v) is 13.4. The Morgan fingerprint density at radius 1 is 1.58 bits per heavy atom. The maximum Gasteiger partial charge on any atom is 0.407 e. The predicted molar refractivity (Wildman–Crippen MR) is 75.2 cm³/mol. The standard InChI is InChI=1S/C12H20BrN3O3/c1-8(6-14-11(17)19-12(2,3)4)18-10-9(13)7-16(5)15-10/h7-8H,6H2,1-5H3,(H,14,17)/t8-/m0/s1. The number of carbonyl (C=O) groups is 1. The van der Waals surface area contributed by atoms with E-state index in [1.54, 1.807) is 17.9 Å². The zero-order valence-electron chi connectivity index (χ0n) is 11.9. The number of nitrogens with zero attached hydrogens (tertiary/aromatic N) is 2. The second-order valence-electron chi connectivity index (χ2n) is 5.27. The molecular formula is C12H20BrN3O3. The lowest BCUT2D eigenvalue weighted by Crippen LogP contribution is -2.37. The number of nitrogens with one attached hydrogen (secondary N) is 1. The lowest BCUT2D eigenvalue weighted by atomic mass is 10.2. The van der Waals surface area contributed by atoms with Crippen LogP contribution in [0.5, 0.6) is 5.88 Å². The summed E-state index contributed by atoms with van der Waals surface area (Å²) in [6.07, 6.45) is 1.13. The highest BCUT2D eigenvalue weighted by Gasteiger charge is 2.17. The van der Waals surface area contributed by atoms with E-state index in [1.165, 1.54) is 0 Å². The minimum atomic E-state index is -0.502. The van der Waals surface area contributed by atoms with Crippen LogP contribution < -0.4 is 10.1 Å². The van der Waals surface area contributed by atoms with Crippen LogP contribution in [0.15, 0.2) is 10.7 Å². The van der Waals surface area contributed by atoms with Gasteiger partial charge in [-0.3, -0.25) is 4.68 Å². The van der Waals surface area contributed by atoms with Crippen LogP contribution >= 0.6 is 15.9 Å². The lowest BCUT2D eigenvalue weighted by Gasteiger charge is -2.20. The van der Waals surface area contributed by atoms with Gasteiger partial charge in [0, 0.05) is 13.2 Å². The highest BCUT2D eigenvalue weighted by molar-refractivity contribution is 9.10. The molecule has 0 saturated carbocycles. The lowest BCUT2D eigenvalue weighted by molar-refractivity contribution is 0.0503. The van der Waals surface area contributed by atoms with Crippen molar-refractivity contribution in [2.45, 2.75) is 39.4 Å². The van der Waals surface area contributed by atoms with E-state index in [-0.39, 0.29) is 6.10 Å². The van der Waals surface area contributed by atoms with Crippen LogP contribution in [0.2, 0.25) is 0 Å². The quantitative estimate of drug-likeness (QED) is 0.919. The van der Waals surface area contributed by atoms with E-state index < -0.39 is 11.7 Å². The monoisotopic (exact) mass is 333 g/mol. The van der Waals surface area contributed by atoms with Crippen LogP contribution in [0.4, 0.5) is 4.79 Å². The molecule has 1 N–H and O–H groups in total. The van der Waals surface area contributed by atoms with Gasteiger partial charge in [0.2, 0.25) is 5.88 Å². The summed E-state index contributed by atoms with van der Waals surface area (Å²) in [5, 5.41) is 6.79. The van der Waals surface area contributed by atoms with Gasteiger partial charge in [-0.15, -0.1) is 5.10 Å². The number of alkyl carbamates (subject to hydrolysis) is 1. The van der Waals surface area contributed by atoms with Gasteiger partial charge in [0.25, 0.3) is 0 Å². The first-order valence-electron chi connectivity index (χ1n) is 6.00. The van der Waals surface area contributed by atoms with Gasteiger partial charge in [0.05, 0.1) is 11.0 Å². The number of aromatic nitrogens is 2. The van der Waals surface area contributed by atoms with Crippen molar-refractivity contribution in [3.05, 3.63) is 10.7 Å². The molecule has 1 rings (SSSR count). The Balaban J connectivity index is 2.38. The fourth-order valence-corrected chi connectivity index (χ4v) is 1.76. The van der Waals surface area contributed by atoms with E-state index in [9.17, 15) is 4.79 Å². The molecule has 0 aromatic carbocycles. The number of hydrogen-bond acceptors (Lipinski definition) is 4. The number of ether oxygens (including phenoxy) is 2. The van der Waals surface area contributed by atoms with Crippen LogP contribution in [-0.4, -0.2) is 34.1 Å². The Bertz CT molecular complexity index is 440. The average molecular weight is 334 g/mol. The Morgan fingerprint density at radius 2 is 2.21 bits per heavy atom. The first kappa shape index (κ1) is 15.8. The van der Waals surface area contributed by atoms with E-state index in [0.717, 1.165) is 4.47 Å². The van der Waals surface area contributed by atoms with Crippen LogP contribution in [0.25, 0.3) is 0 Å².